The van der Waals surface area contributed by atoms with Gasteiger partial charge in [0.1, 0.15) is 0 Å². The third kappa shape index (κ3) is 2.89. The van der Waals surface area contributed by atoms with Gasteiger partial charge in [0.15, 0.2) is 0 Å². The minimum atomic E-state index is 0.760. The molecule has 2 aromatic carbocycles. The van der Waals surface area contributed by atoms with Crippen LogP contribution in [0.3, 0.4) is 0 Å². The molecule has 0 atom stereocenters. The lowest BCUT2D eigenvalue weighted by atomic mass is 10.00. The van der Waals surface area contributed by atoms with Crippen molar-refractivity contribution in [2.24, 2.45) is 0 Å². The van der Waals surface area contributed by atoms with Crippen molar-refractivity contribution < 1.29 is 0 Å². The van der Waals surface area contributed by atoms with Crippen molar-refractivity contribution in [2.75, 3.05) is 7.05 Å². The van der Waals surface area contributed by atoms with Gasteiger partial charge >= 0.3 is 0 Å². The molecular weight excluding hydrogens is 298 g/mol. The maximum atomic E-state index is 6.08. The van der Waals surface area contributed by atoms with Crippen LogP contribution in [0.25, 0.3) is 11.1 Å². The smallest absolute Gasteiger partial charge is 0.0412 e. The van der Waals surface area contributed by atoms with Crippen LogP contribution in [0.2, 0.25) is 5.02 Å². The Morgan fingerprint density at radius 2 is 1.88 bits per heavy atom. The fourth-order valence-corrected chi connectivity index (χ4v) is 2.49. The second kappa shape index (κ2) is 5.67. The Kier molecular flexibility index (Phi) is 4.21. The van der Waals surface area contributed by atoms with Gasteiger partial charge in [0.2, 0.25) is 0 Å². The zero-order valence-electron chi connectivity index (χ0n) is 9.50. The van der Waals surface area contributed by atoms with E-state index in [1.165, 1.54) is 16.7 Å². The summed E-state index contributed by atoms with van der Waals surface area (Å²) in [6, 6.07) is 14.2. The van der Waals surface area contributed by atoms with E-state index >= 15 is 0 Å². The fraction of sp³-hybridized carbons (Fsp3) is 0.143. The summed E-state index contributed by atoms with van der Waals surface area (Å²) in [6.45, 7) is 0.827. The van der Waals surface area contributed by atoms with Crippen LogP contribution < -0.4 is 5.32 Å². The Bertz CT molecular complexity index is 525. The molecule has 2 rings (SSSR count). The van der Waals surface area contributed by atoms with E-state index in [0.29, 0.717) is 0 Å². The first-order chi connectivity index (χ1) is 8.22. The highest BCUT2D eigenvalue weighted by Crippen LogP contribution is 2.32. The van der Waals surface area contributed by atoms with Crippen LogP contribution in [0.15, 0.2) is 46.9 Å². The van der Waals surface area contributed by atoms with Crippen molar-refractivity contribution in [1.82, 2.24) is 5.32 Å². The van der Waals surface area contributed by atoms with Gasteiger partial charge in [0.25, 0.3) is 0 Å². The first-order valence-corrected chi connectivity index (χ1v) is 6.57. The molecule has 0 spiro atoms. The predicted molar refractivity (Wildman–Crippen MR) is 77.4 cm³/mol. The molecule has 1 nitrogen and oxygen atoms in total. The minimum Gasteiger partial charge on any atom is -0.316 e. The number of rotatable bonds is 3. The van der Waals surface area contributed by atoms with Crippen LogP contribution in [-0.4, -0.2) is 7.05 Å². The Morgan fingerprint density at radius 3 is 2.59 bits per heavy atom. The zero-order valence-corrected chi connectivity index (χ0v) is 11.8. The van der Waals surface area contributed by atoms with Crippen LogP contribution >= 0.6 is 27.5 Å². The van der Waals surface area contributed by atoms with Crippen LogP contribution in [0, 0.1) is 0 Å². The Labute approximate surface area is 115 Å². The molecule has 0 aromatic heterocycles. The summed E-state index contributed by atoms with van der Waals surface area (Å²) in [4.78, 5) is 0. The number of hydrogen-bond donors (Lipinski definition) is 1. The molecule has 0 saturated heterocycles. The van der Waals surface area contributed by atoms with Crippen LogP contribution in [0.5, 0.6) is 0 Å². The maximum Gasteiger partial charge on any atom is 0.0412 e. The molecule has 1 N–H and O–H groups in total. The number of nitrogens with one attached hydrogen (secondary N) is 1. The first-order valence-electron chi connectivity index (χ1n) is 5.40. The second-order valence-electron chi connectivity index (χ2n) is 3.81. The van der Waals surface area contributed by atoms with Gasteiger partial charge in [-0.15, -0.1) is 0 Å². The molecule has 0 radical (unpaired) electrons. The third-order valence-corrected chi connectivity index (χ3v) is 3.53. The molecule has 0 aliphatic heterocycles. The first kappa shape index (κ1) is 12.6. The Balaban J connectivity index is 2.57. The lowest BCUT2D eigenvalue weighted by Crippen LogP contribution is -2.06. The summed E-state index contributed by atoms with van der Waals surface area (Å²) in [6.07, 6.45) is 0. The summed E-state index contributed by atoms with van der Waals surface area (Å²) >= 11 is 9.66. The van der Waals surface area contributed by atoms with E-state index in [2.05, 4.69) is 33.4 Å². The average Bonchev–Trinajstić information content (AvgIpc) is 2.32. The minimum absolute atomic E-state index is 0.760. The predicted octanol–water partition coefficient (Wildman–Crippen LogP) is 4.49. The van der Waals surface area contributed by atoms with E-state index in [4.69, 9.17) is 11.6 Å². The standard InChI is InChI=1S/C14H13BrClN/c1-17-9-10-6-7-11(16)8-13(10)12-4-2-3-5-14(12)15/h2-8,17H,9H2,1H3. The van der Waals surface area contributed by atoms with Crippen molar-refractivity contribution in [3.05, 3.63) is 57.5 Å². The molecule has 0 aliphatic rings. The second-order valence-corrected chi connectivity index (χ2v) is 5.10. The van der Waals surface area contributed by atoms with Crippen LogP contribution in [0.4, 0.5) is 0 Å². The molecule has 0 bridgehead atoms. The van der Waals surface area contributed by atoms with Crippen LogP contribution in [0.1, 0.15) is 5.56 Å². The summed E-state index contributed by atoms with van der Waals surface area (Å²) in [7, 11) is 1.94. The van der Waals surface area contributed by atoms with Gasteiger partial charge in [0.05, 0.1) is 0 Å². The van der Waals surface area contributed by atoms with E-state index in [1.54, 1.807) is 0 Å². The Hall–Kier alpha value is -0.830. The summed E-state index contributed by atoms with van der Waals surface area (Å²) < 4.78 is 1.08. The van der Waals surface area contributed by atoms with Crippen molar-refractivity contribution in [3.8, 4) is 11.1 Å². The molecule has 0 unspecified atom stereocenters. The molecule has 17 heavy (non-hydrogen) atoms. The Morgan fingerprint density at radius 1 is 1.12 bits per heavy atom. The van der Waals surface area contributed by atoms with Crippen molar-refractivity contribution >= 4 is 27.5 Å². The lowest BCUT2D eigenvalue weighted by Gasteiger charge is -2.11. The SMILES string of the molecule is CNCc1ccc(Cl)cc1-c1ccccc1Br. The van der Waals surface area contributed by atoms with E-state index in [1.807, 2.05) is 37.4 Å². The van der Waals surface area contributed by atoms with E-state index in [9.17, 15) is 0 Å². The van der Waals surface area contributed by atoms with Gasteiger partial charge in [0, 0.05) is 16.0 Å². The summed E-state index contributed by atoms with van der Waals surface area (Å²) in [5, 5.41) is 3.93. The number of benzene rings is 2. The van der Waals surface area contributed by atoms with Gasteiger partial charge in [-0.05, 0) is 41.9 Å². The molecule has 0 saturated carbocycles. The fourth-order valence-electron chi connectivity index (χ4n) is 1.82. The lowest BCUT2D eigenvalue weighted by molar-refractivity contribution is 0.819. The van der Waals surface area contributed by atoms with Crippen molar-refractivity contribution in [3.63, 3.8) is 0 Å². The van der Waals surface area contributed by atoms with Gasteiger partial charge in [-0.3, -0.25) is 0 Å². The third-order valence-electron chi connectivity index (χ3n) is 2.60. The highest BCUT2D eigenvalue weighted by molar-refractivity contribution is 9.10. The molecule has 3 heteroatoms. The molecule has 88 valence electrons. The van der Waals surface area contributed by atoms with Gasteiger partial charge < -0.3 is 5.32 Å². The van der Waals surface area contributed by atoms with Crippen molar-refractivity contribution in [1.29, 1.82) is 0 Å². The quantitative estimate of drug-likeness (QED) is 0.881. The largest absolute Gasteiger partial charge is 0.316 e. The van der Waals surface area contributed by atoms with Crippen molar-refractivity contribution in [2.45, 2.75) is 6.54 Å². The zero-order chi connectivity index (χ0) is 12.3. The van der Waals surface area contributed by atoms with E-state index < -0.39 is 0 Å². The molecule has 0 fully saturated rings. The van der Waals surface area contributed by atoms with E-state index in [0.717, 1.165) is 16.0 Å². The van der Waals surface area contributed by atoms with E-state index in [-0.39, 0.29) is 0 Å². The number of hydrogen-bond acceptors (Lipinski definition) is 1. The summed E-state index contributed by atoms with van der Waals surface area (Å²) in [5.74, 6) is 0. The molecule has 0 amide bonds. The maximum absolute atomic E-state index is 6.08. The molecule has 0 aliphatic carbocycles. The monoisotopic (exact) mass is 309 g/mol. The molecule has 0 heterocycles. The van der Waals surface area contributed by atoms with Crippen LogP contribution in [-0.2, 0) is 6.54 Å². The van der Waals surface area contributed by atoms with Gasteiger partial charge in [-0.1, -0.05) is 51.8 Å². The average molecular weight is 311 g/mol. The highest BCUT2D eigenvalue weighted by atomic mass is 79.9. The normalized spacial score (nSPS) is 10.5. The molecule has 2 aromatic rings. The molecular formula is C14H13BrClN. The number of halogens is 2. The van der Waals surface area contributed by atoms with Gasteiger partial charge in [-0.25, -0.2) is 0 Å². The summed E-state index contributed by atoms with van der Waals surface area (Å²) in [5.41, 5.74) is 3.57. The topological polar surface area (TPSA) is 12.0 Å². The highest BCUT2D eigenvalue weighted by Gasteiger charge is 2.08. The van der Waals surface area contributed by atoms with Gasteiger partial charge in [-0.2, -0.15) is 0 Å².